The molecule has 1 aromatic carbocycles. The van der Waals surface area contributed by atoms with E-state index >= 15 is 0 Å². The van der Waals surface area contributed by atoms with E-state index in [0.717, 1.165) is 63.4 Å². The van der Waals surface area contributed by atoms with Crippen molar-refractivity contribution in [1.29, 1.82) is 0 Å². The van der Waals surface area contributed by atoms with Gasteiger partial charge in [-0.15, -0.1) is 0 Å². The van der Waals surface area contributed by atoms with Gasteiger partial charge < -0.3 is 24.8 Å². The zero-order chi connectivity index (χ0) is 21.2. The van der Waals surface area contributed by atoms with Crippen LogP contribution in [0.3, 0.4) is 0 Å². The third kappa shape index (κ3) is 7.11. The standard InChI is InChI=1S/C22H35FN4O3/c1-24-22(25-9-13-29-16-19-4-3-12-30-19)26-18-7-10-27(11-8-18)15-17-5-6-21(28-2)20(23)14-17/h5-6,14,18-19H,3-4,7-13,15-16H2,1-2H3,(H2,24,25,26). The van der Waals surface area contributed by atoms with Gasteiger partial charge in [-0.25, -0.2) is 4.39 Å². The molecule has 0 saturated carbocycles. The minimum absolute atomic E-state index is 0.266. The molecule has 1 aromatic rings. The molecule has 168 valence electrons. The third-order valence-corrected chi connectivity index (χ3v) is 5.64. The quantitative estimate of drug-likeness (QED) is 0.361. The summed E-state index contributed by atoms with van der Waals surface area (Å²) >= 11 is 0. The molecule has 2 aliphatic rings. The maximum atomic E-state index is 13.9. The second-order valence-corrected chi connectivity index (χ2v) is 7.87. The van der Waals surface area contributed by atoms with Crippen molar-refractivity contribution in [3.63, 3.8) is 0 Å². The number of rotatable bonds is 9. The SMILES string of the molecule is CN=C(NCCOCC1CCCO1)NC1CCN(Cc2ccc(OC)c(F)c2)CC1. The average Bonchev–Trinajstić information content (AvgIpc) is 3.27. The fourth-order valence-corrected chi connectivity index (χ4v) is 3.92. The molecule has 7 nitrogen and oxygen atoms in total. The van der Waals surface area contributed by atoms with Crippen LogP contribution < -0.4 is 15.4 Å². The van der Waals surface area contributed by atoms with Crippen LogP contribution in [-0.4, -0.2) is 76.6 Å². The minimum atomic E-state index is -0.304. The van der Waals surface area contributed by atoms with Crippen LogP contribution in [0.2, 0.25) is 0 Å². The van der Waals surface area contributed by atoms with Gasteiger partial charge in [0.15, 0.2) is 17.5 Å². The summed E-state index contributed by atoms with van der Waals surface area (Å²) in [5.74, 6) is 0.797. The maximum Gasteiger partial charge on any atom is 0.191 e. The van der Waals surface area contributed by atoms with Crippen LogP contribution in [0.4, 0.5) is 4.39 Å². The summed E-state index contributed by atoms with van der Waals surface area (Å²) in [5.41, 5.74) is 0.972. The highest BCUT2D eigenvalue weighted by molar-refractivity contribution is 5.79. The largest absolute Gasteiger partial charge is 0.494 e. The van der Waals surface area contributed by atoms with E-state index in [9.17, 15) is 4.39 Å². The van der Waals surface area contributed by atoms with Gasteiger partial charge >= 0.3 is 0 Å². The Balaban J connectivity index is 1.31. The van der Waals surface area contributed by atoms with Crippen molar-refractivity contribution >= 4 is 5.96 Å². The van der Waals surface area contributed by atoms with Crippen LogP contribution in [0.1, 0.15) is 31.2 Å². The number of aliphatic imine (C=N–C) groups is 1. The molecule has 0 bridgehead atoms. The van der Waals surface area contributed by atoms with Crippen molar-refractivity contribution in [3.8, 4) is 5.75 Å². The molecule has 2 saturated heterocycles. The predicted molar refractivity (Wildman–Crippen MR) is 116 cm³/mol. The Bertz CT molecular complexity index is 674. The summed E-state index contributed by atoms with van der Waals surface area (Å²) in [4.78, 5) is 6.67. The molecule has 0 amide bonds. The lowest BCUT2D eigenvalue weighted by molar-refractivity contribution is 0.0191. The number of methoxy groups -OCH3 is 1. The van der Waals surface area contributed by atoms with Crippen molar-refractivity contribution in [1.82, 2.24) is 15.5 Å². The van der Waals surface area contributed by atoms with Gasteiger partial charge in [0.25, 0.3) is 0 Å². The number of nitrogens with one attached hydrogen (secondary N) is 2. The van der Waals surface area contributed by atoms with Crippen LogP contribution >= 0.6 is 0 Å². The predicted octanol–water partition coefficient (Wildman–Crippen LogP) is 2.16. The lowest BCUT2D eigenvalue weighted by Gasteiger charge is -2.33. The van der Waals surface area contributed by atoms with Crippen molar-refractivity contribution in [2.24, 2.45) is 4.99 Å². The molecule has 1 atom stereocenters. The fraction of sp³-hybridized carbons (Fsp3) is 0.682. The van der Waals surface area contributed by atoms with E-state index in [0.29, 0.717) is 25.8 Å². The Morgan fingerprint density at radius 2 is 2.13 bits per heavy atom. The van der Waals surface area contributed by atoms with Gasteiger partial charge in [-0.1, -0.05) is 6.07 Å². The lowest BCUT2D eigenvalue weighted by Crippen LogP contribution is -2.49. The molecule has 1 unspecified atom stereocenters. The number of benzene rings is 1. The number of hydrogen-bond acceptors (Lipinski definition) is 5. The van der Waals surface area contributed by atoms with E-state index in [-0.39, 0.29) is 17.7 Å². The summed E-state index contributed by atoms with van der Waals surface area (Å²) in [6, 6.07) is 5.57. The van der Waals surface area contributed by atoms with Gasteiger partial charge in [0, 0.05) is 45.9 Å². The van der Waals surface area contributed by atoms with Crippen molar-refractivity contribution in [2.75, 3.05) is 53.6 Å². The van der Waals surface area contributed by atoms with Crippen LogP contribution in [0.5, 0.6) is 5.75 Å². The summed E-state index contributed by atoms with van der Waals surface area (Å²) in [7, 11) is 3.27. The van der Waals surface area contributed by atoms with Gasteiger partial charge in [0.2, 0.25) is 0 Å². The fourth-order valence-electron chi connectivity index (χ4n) is 3.92. The van der Waals surface area contributed by atoms with Crippen molar-refractivity contribution in [2.45, 2.75) is 44.4 Å². The normalized spacial score (nSPS) is 21.0. The zero-order valence-electron chi connectivity index (χ0n) is 18.2. The smallest absolute Gasteiger partial charge is 0.191 e. The van der Waals surface area contributed by atoms with E-state index in [4.69, 9.17) is 14.2 Å². The molecule has 2 fully saturated rings. The number of piperidine rings is 1. The first kappa shape index (κ1) is 22.8. The Kier molecular flexibility index (Phi) is 9.17. The van der Waals surface area contributed by atoms with Crippen molar-refractivity contribution in [3.05, 3.63) is 29.6 Å². The van der Waals surface area contributed by atoms with Gasteiger partial charge in [0.05, 0.1) is 26.4 Å². The molecule has 0 aliphatic carbocycles. The molecule has 0 aromatic heterocycles. The number of likely N-dealkylation sites (tertiary alicyclic amines) is 1. The van der Waals surface area contributed by atoms with Gasteiger partial charge in [-0.2, -0.15) is 0 Å². The molecular formula is C22H35FN4O3. The molecule has 0 spiro atoms. The van der Waals surface area contributed by atoms with E-state index in [2.05, 4.69) is 20.5 Å². The number of hydrogen-bond donors (Lipinski definition) is 2. The molecule has 3 rings (SSSR count). The molecule has 8 heteroatoms. The second-order valence-electron chi connectivity index (χ2n) is 7.87. The molecule has 0 radical (unpaired) electrons. The van der Waals surface area contributed by atoms with E-state index < -0.39 is 0 Å². The molecule has 30 heavy (non-hydrogen) atoms. The summed E-state index contributed by atoms with van der Waals surface area (Å²) < 4.78 is 30.1. The first-order valence-corrected chi connectivity index (χ1v) is 10.9. The van der Waals surface area contributed by atoms with Crippen LogP contribution in [0.25, 0.3) is 0 Å². The Morgan fingerprint density at radius 1 is 1.30 bits per heavy atom. The van der Waals surface area contributed by atoms with Crippen LogP contribution in [0, 0.1) is 5.82 Å². The number of guanidine groups is 1. The van der Waals surface area contributed by atoms with Gasteiger partial charge in [-0.3, -0.25) is 9.89 Å². The molecule has 2 aliphatic heterocycles. The monoisotopic (exact) mass is 422 g/mol. The highest BCUT2D eigenvalue weighted by Crippen LogP contribution is 2.20. The second kappa shape index (κ2) is 12.1. The first-order chi connectivity index (χ1) is 14.7. The van der Waals surface area contributed by atoms with Crippen LogP contribution in [-0.2, 0) is 16.0 Å². The molecule has 2 heterocycles. The highest BCUT2D eigenvalue weighted by atomic mass is 19.1. The van der Waals surface area contributed by atoms with E-state index in [1.807, 2.05) is 6.07 Å². The Hall–Kier alpha value is -1.90. The Morgan fingerprint density at radius 3 is 2.80 bits per heavy atom. The number of halogens is 1. The average molecular weight is 423 g/mol. The highest BCUT2D eigenvalue weighted by Gasteiger charge is 2.20. The lowest BCUT2D eigenvalue weighted by atomic mass is 10.0. The molecule has 2 N–H and O–H groups in total. The number of ether oxygens (including phenoxy) is 3. The van der Waals surface area contributed by atoms with E-state index in [1.165, 1.54) is 7.11 Å². The van der Waals surface area contributed by atoms with Gasteiger partial charge in [0.1, 0.15) is 0 Å². The van der Waals surface area contributed by atoms with E-state index in [1.54, 1.807) is 19.2 Å². The minimum Gasteiger partial charge on any atom is -0.494 e. The third-order valence-electron chi connectivity index (χ3n) is 5.64. The Labute approximate surface area is 179 Å². The first-order valence-electron chi connectivity index (χ1n) is 10.9. The van der Waals surface area contributed by atoms with Crippen LogP contribution in [0.15, 0.2) is 23.2 Å². The topological polar surface area (TPSA) is 67.4 Å². The summed E-state index contributed by atoms with van der Waals surface area (Å²) in [5, 5.41) is 6.82. The summed E-state index contributed by atoms with van der Waals surface area (Å²) in [6.45, 7) is 5.57. The molecular weight excluding hydrogens is 387 g/mol. The zero-order valence-corrected chi connectivity index (χ0v) is 18.2. The van der Waals surface area contributed by atoms with Gasteiger partial charge in [-0.05, 0) is 43.4 Å². The number of nitrogens with zero attached hydrogens (tertiary/aromatic N) is 2. The van der Waals surface area contributed by atoms with Crippen molar-refractivity contribution < 1.29 is 18.6 Å². The maximum absolute atomic E-state index is 13.9. The summed E-state index contributed by atoms with van der Waals surface area (Å²) in [6.07, 6.45) is 4.55.